The minimum atomic E-state index is -0.871. The summed E-state index contributed by atoms with van der Waals surface area (Å²) in [6.45, 7) is 4.04. The molecule has 1 aliphatic rings. The number of hydrogen-bond donors (Lipinski definition) is 2. The first-order chi connectivity index (χ1) is 9.43. The van der Waals surface area contributed by atoms with Crippen molar-refractivity contribution in [1.29, 1.82) is 0 Å². The van der Waals surface area contributed by atoms with Gasteiger partial charge in [0, 0.05) is 18.9 Å². The van der Waals surface area contributed by atoms with Crippen LogP contribution >= 0.6 is 0 Å². The van der Waals surface area contributed by atoms with E-state index in [4.69, 9.17) is 4.74 Å². The number of amides is 1. The third-order valence-electron chi connectivity index (χ3n) is 3.90. The molecule has 0 saturated carbocycles. The van der Waals surface area contributed by atoms with Gasteiger partial charge in [0.05, 0.1) is 13.0 Å². The summed E-state index contributed by atoms with van der Waals surface area (Å²) in [6, 6.07) is 3.77. The van der Waals surface area contributed by atoms with Crippen LogP contribution in [0.25, 0.3) is 0 Å². The summed E-state index contributed by atoms with van der Waals surface area (Å²) in [5.74, 6) is -1.09. The lowest BCUT2D eigenvalue weighted by molar-refractivity contribution is -0.144. The number of carboxylic acids is 1. The minimum absolute atomic E-state index is 0.0953. The van der Waals surface area contributed by atoms with Crippen LogP contribution in [0.15, 0.2) is 12.1 Å². The molecule has 5 heteroatoms. The summed E-state index contributed by atoms with van der Waals surface area (Å²) in [4.78, 5) is 23.0. The van der Waals surface area contributed by atoms with Gasteiger partial charge in [-0.05, 0) is 42.7 Å². The molecule has 0 aliphatic carbocycles. The molecule has 1 amide bonds. The van der Waals surface area contributed by atoms with Crippen molar-refractivity contribution in [3.8, 4) is 5.75 Å². The van der Waals surface area contributed by atoms with Crippen molar-refractivity contribution in [3.63, 3.8) is 0 Å². The highest BCUT2D eigenvalue weighted by molar-refractivity contribution is 5.82. The molecule has 1 fully saturated rings. The van der Waals surface area contributed by atoms with Crippen molar-refractivity contribution in [1.82, 2.24) is 5.32 Å². The zero-order valence-electron chi connectivity index (χ0n) is 11.9. The Kier molecular flexibility index (Phi) is 3.97. The number of piperidine rings is 1. The van der Waals surface area contributed by atoms with E-state index in [-0.39, 0.29) is 24.8 Å². The van der Waals surface area contributed by atoms with Crippen molar-refractivity contribution < 1.29 is 19.4 Å². The fraction of sp³-hybridized carbons (Fsp3) is 0.467. The van der Waals surface area contributed by atoms with Crippen molar-refractivity contribution >= 4 is 11.9 Å². The van der Waals surface area contributed by atoms with Crippen LogP contribution in [0.3, 0.4) is 0 Å². The molecule has 0 aromatic heterocycles. The molecule has 1 aromatic carbocycles. The first-order valence-corrected chi connectivity index (χ1v) is 6.58. The lowest BCUT2D eigenvalue weighted by Gasteiger charge is -2.31. The summed E-state index contributed by atoms with van der Waals surface area (Å²) in [5.41, 5.74) is 2.88. The number of hydrogen-bond acceptors (Lipinski definition) is 3. The van der Waals surface area contributed by atoms with Crippen molar-refractivity contribution in [2.75, 3.05) is 13.7 Å². The Morgan fingerprint density at radius 1 is 1.35 bits per heavy atom. The number of aryl methyl sites for hydroxylation is 2. The molecule has 108 valence electrons. The molecule has 2 atom stereocenters. The van der Waals surface area contributed by atoms with E-state index in [1.54, 1.807) is 7.11 Å². The Bertz CT molecular complexity index is 530. The number of rotatable bonds is 3. The van der Waals surface area contributed by atoms with Crippen LogP contribution in [0.2, 0.25) is 0 Å². The van der Waals surface area contributed by atoms with Gasteiger partial charge in [0.25, 0.3) is 0 Å². The second-order valence-corrected chi connectivity index (χ2v) is 5.23. The fourth-order valence-corrected chi connectivity index (χ4v) is 2.98. The van der Waals surface area contributed by atoms with Crippen LogP contribution in [0.1, 0.15) is 29.0 Å². The number of methoxy groups -OCH3 is 1. The third-order valence-corrected chi connectivity index (χ3v) is 3.90. The molecule has 1 aliphatic heterocycles. The van der Waals surface area contributed by atoms with Gasteiger partial charge >= 0.3 is 5.97 Å². The highest BCUT2D eigenvalue weighted by atomic mass is 16.5. The second-order valence-electron chi connectivity index (χ2n) is 5.23. The number of nitrogens with one attached hydrogen (secondary N) is 1. The maximum absolute atomic E-state index is 11.6. The number of carbonyl (C=O) groups is 2. The summed E-state index contributed by atoms with van der Waals surface area (Å²) in [5, 5.41) is 12.0. The summed E-state index contributed by atoms with van der Waals surface area (Å²) < 4.78 is 5.22. The molecule has 1 saturated heterocycles. The molecule has 1 aromatic rings. The Labute approximate surface area is 117 Å². The second kappa shape index (κ2) is 5.53. The molecule has 0 spiro atoms. The van der Waals surface area contributed by atoms with E-state index >= 15 is 0 Å². The predicted molar refractivity (Wildman–Crippen MR) is 74.0 cm³/mol. The van der Waals surface area contributed by atoms with Gasteiger partial charge in [0.15, 0.2) is 0 Å². The molecule has 1 heterocycles. The maximum Gasteiger partial charge on any atom is 0.308 e. The lowest BCUT2D eigenvalue weighted by atomic mass is 9.77. The van der Waals surface area contributed by atoms with Gasteiger partial charge < -0.3 is 15.2 Å². The number of carboxylic acid groups (broad SMARTS) is 1. The molecule has 0 radical (unpaired) electrons. The van der Waals surface area contributed by atoms with Gasteiger partial charge in [-0.15, -0.1) is 0 Å². The molecule has 20 heavy (non-hydrogen) atoms. The summed E-state index contributed by atoms with van der Waals surface area (Å²) in [6.07, 6.45) is 0.213. The largest absolute Gasteiger partial charge is 0.497 e. The normalized spacial score (nSPS) is 22.2. The number of benzene rings is 1. The molecule has 2 rings (SSSR count). The number of ether oxygens (including phenoxy) is 1. The van der Waals surface area contributed by atoms with Gasteiger partial charge in [0.1, 0.15) is 5.75 Å². The predicted octanol–water partition coefficient (Wildman–Crippen LogP) is 1.62. The standard InChI is InChI=1S/C15H19NO4/c1-8-4-10(20-3)5-9(2)14(8)11-6-13(17)16-7-12(11)15(18)19/h4-5,11-12H,6-7H2,1-3H3,(H,16,17)(H,18,19). The Morgan fingerprint density at radius 3 is 2.45 bits per heavy atom. The average Bonchev–Trinajstić information content (AvgIpc) is 2.37. The Hall–Kier alpha value is -2.04. The SMILES string of the molecule is COc1cc(C)c(C2CC(=O)NCC2C(=O)O)c(C)c1. The third kappa shape index (κ3) is 2.61. The van der Waals surface area contributed by atoms with E-state index < -0.39 is 11.9 Å². The monoisotopic (exact) mass is 277 g/mol. The van der Waals surface area contributed by atoms with Crippen molar-refractivity contribution in [3.05, 3.63) is 28.8 Å². The van der Waals surface area contributed by atoms with E-state index in [9.17, 15) is 14.7 Å². The van der Waals surface area contributed by atoms with Crippen LogP contribution in [0, 0.1) is 19.8 Å². The van der Waals surface area contributed by atoms with Crippen LogP contribution in [0.4, 0.5) is 0 Å². The summed E-state index contributed by atoms with van der Waals surface area (Å²) >= 11 is 0. The topological polar surface area (TPSA) is 75.6 Å². The average molecular weight is 277 g/mol. The zero-order chi connectivity index (χ0) is 14.9. The smallest absolute Gasteiger partial charge is 0.308 e. The van der Waals surface area contributed by atoms with Gasteiger partial charge in [-0.1, -0.05) is 0 Å². The highest BCUT2D eigenvalue weighted by Crippen LogP contribution is 2.36. The minimum Gasteiger partial charge on any atom is -0.497 e. The lowest BCUT2D eigenvalue weighted by Crippen LogP contribution is -2.43. The first kappa shape index (κ1) is 14.4. The fourth-order valence-electron chi connectivity index (χ4n) is 2.98. The van der Waals surface area contributed by atoms with Crippen molar-refractivity contribution in [2.24, 2.45) is 5.92 Å². The van der Waals surface area contributed by atoms with E-state index in [1.807, 2.05) is 26.0 Å². The van der Waals surface area contributed by atoms with Gasteiger partial charge in [-0.3, -0.25) is 9.59 Å². The molecule has 2 unspecified atom stereocenters. The zero-order valence-corrected chi connectivity index (χ0v) is 11.9. The van der Waals surface area contributed by atoms with Crippen LogP contribution < -0.4 is 10.1 Å². The van der Waals surface area contributed by atoms with Crippen LogP contribution in [0.5, 0.6) is 5.75 Å². The van der Waals surface area contributed by atoms with E-state index in [2.05, 4.69) is 5.32 Å². The highest BCUT2D eigenvalue weighted by Gasteiger charge is 2.36. The van der Waals surface area contributed by atoms with Crippen molar-refractivity contribution in [2.45, 2.75) is 26.2 Å². The molecule has 0 bridgehead atoms. The van der Waals surface area contributed by atoms with Crippen LogP contribution in [-0.4, -0.2) is 30.6 Å². The van der Waals surface area contributed by atoms with E-state index in [0.29, 0.717) is 0 Å². The van der Waals surface area contributed by atoms with E-state index in [1.165, 1.54) is 0 Å². The molecule has 2 N–H and O–H groups in total. The Morgan fingerprint density at radius 2 is 1.95 bits per heavy atom. The maximum atomic E-state index is 11.6. The molecule has 5 nitrogen and oxygen atoms in total. The van der Waals surface area contributed by atoms with E-state index in [0.717, 1.165) is 22.4 Å². The molecular formula is C15H19NO4. The number of carbonyl (C=O) groups excluding carboxylic acids is 1. The Balaban J connectivity index is 2.46. The van der Waals surface area contributed by atoms with Gasteiger partial charge in [-0.2, -0.15) is 0 Å². The van der Waals surface area contributed by atoms with Gasteiger partial charge in [0.2, 0.25) is 5.91 Å². The number of aliphatic carboxylic acids is 1. The summed E-state index contributed by atoms with van der Waals surface area (Å²) in [7, 11) is 1.60. The molecular weight excluding hydrogens is 258 g/mol. The van der Waals surface area contributed by atoms with Crippen LogP contribution in [-0.2, 0) is 9.59 Å². The first-order valence-electron chi connectivity index (χ1n) is 6.58. The van der Waals surface area contributed by atoms with Gasteiger partial charge in [-0.25, -0.2) is 0 Å². The quantitative estimate of drug-likeness (QED) is 0.880.